The lowest BCUT2D eigenvalue weighted by Gasteiger charge is -2.14. The SMILES string of the molecule is CCC[C@H](NC(=O)NCc1ccccc1F)C(=O)O. The molecule has 0 spiro atoms. The number of amides is 2. The van der Waals surface area contributed by atoms with E-state index in [9.17, 15) is 14.0 Å². The van der Waals surface area contributed by atoms with E-state index >= 15 is 0 Å². The number of carbonyl (C=O) groups is 2. The molecular weight excluding hydrogens is 251 g/mol. The van der Waals surface area contributed by atoms with Gasteiger partial charge < -0.3 is 15.7 Å². The summed E-state index contributed by atoms with van der Waals surface area (Å²) in [5.74, 6) is -1.49. The first-order chi connectivity index (χ1) is 9.04. The molecule has 5 nitrogen and oxygen atoms in total. The molecule has 19 heavy (non-hydrogen) atoms. The normalized spacial score (nSPS) is 11.7. The zero-order valence-corrected chi connectivity index (χ0v) is 10.6. The molecule has 0 aliphatic carbocycles. The minimum Gasteiger partial charge on any atom is -0.480 e. The van der Waals surface area contributed by atoms with Crippen molar-refractivity contribution in [1.29, 1.82) is 0 Å². The number of nitrogens with one attached hydrogen (secondary N) is 2. The van der Waals surface area contributed by atoms with Crippen LogP contribution in [0, 0.1) is 5.82 Å². The van der Waals surface area contributed by atoms with Gasteiger partial charge in [0.15, 0.2) is 0 Å². The summed E-state index contributed by atoms with van der Waals surface area (Å²) in [7, 11) is 0. The van der Waals surface area contributed by atoms with Crippen LogP contribution in [0.3, 0.4) is 0 Å². The van der Waals surface area contributed by atoms with Crippen molar-refractivity contribution in [2.24, 2.45) is 0 Å². The van der Waals surface area contributed by atoms with Crippen molar-refractivity contribution in [3.63, 3.8) is 0 Å². The van der Waals surface area contributed by atoms with Gasteiger partial charge in [-0.3, -0.25) is 0 Å². The number of aliphatic carboxylic acids is 1. The summed E-state index contributed by atoms with van der Waals surface area (Å²) in [6.07, 6.45) is 0.993. The Hall–Kier alpha value is -2.11. The first kappa shape index (κ1) is 14.9. The van der Waals surface area contributed by atoms with Crippen molar-refractivity contribution in [1.82, 2.24) is 10.6 Å². The molecule has 0 aliphatic heterocycles. The van der Waals surface area contributed by atoms with Crippen molar-refractivity contribution in [2.75, 3.05) is 0 Å². The Kier molecular flexibility index (Phi) is 5.78. The fraction of sp³-hybridized carbons (Fsp3) is 0.385. The predicted octanol–water partition coefficient (Wildman–Crippen LogP) is 1.88. The molecule has 1 rings (SSSR count). The lowest BCUT2D eigenvalue weighted by atomic mass is 10.2. The van der Waals surface area contributed by atoms with Crippen molar-refractivity contribution in [3.8, 4) is 0 Å². The van der Waals surface area contributed by atoms with E-state index in [1.165, 1.54) is 6.07 Å². The van der Waals surface area contributed by atoms with E-state index in [0.717, 1.165) is 0 Å². The van der Waals surface area contributed by atoms with Gasteiger partial charge in [0, 0.05) is 12.1 Å². The van der Waals surface area contributed by atoms with E-state index in [4.69, 9.17) is 5.11 Å². The Bertz CT molecular complexity index is 451. The molecule has 104 valence electrons. The maximum atomic E-state index is 13.3. The molecule has 0 aromatic heterocycles. The number of hydrogen-bond acceptors (Lipinski definition) is 2. The second-order valence-corrected chi connectivity index (χ2v) is 4.10. The molecule has 1 aromatic carbocycles. The number of urea groups is 1. The predicted molar refractivity (Wildman–Crippen MR) is 68.1 cm³/mol. The third kappa shape index (κ3) is 4.95. The lowest BCUT2D eigenvalue weighted by molar-refractivity contribution is -0.139. The van der Waals surface area contributed by atoms with Gasteiger partial charge in [-0.2, -0.15) is 0 Å². The molecule has 1 aromatic rings. The van der Waals surface area contributed by atoms with Crippen LogP contribution in [0.25, 0.3) is 0 Å². The van der Waals surface area contributed by atoms with Crippen LogP contribution in [0.2, 0.25) is 0 Å². The van der Waals surface area contributed by atoms with Gasteiger partial charge in [-0.05, 0) is 12.5 Å². The van der Waals surface area contributed by atoms with Crippen LogP contribution >= 0.6 is 0 Å². The fourth-order valence-electron chi connectivity index (χ4n) is 1.57. The maximum absolute atomic E-state index is 13.3. The number of benzene rings is 1. The Morgan fingerprint density at radius 2 is 2.05 bits per heavy atom. The fourth-order valence-corrected chi connectivity index (χ4v) is 1.57. The highest BCUT2D eigenvalue weighted by Gasteiger charge is 2.18. The van der Waals surface area contributed by atoms with Gasteiger partial charge in [0.05, 0.1) is 0 Å². The molecule has 1 atom stereocenters. The molecule has 0 unspecified atom stereocenters. The third-order valence-electron chi connectivity index (χ3n) is 2.58. The second-order valence-electron chi connectivity index (χ2n) is 4.10. The maximum Gasteiger partial charge on any atom is 0.326 e. The first-order valence-corrected chi connectivity index (χ1v) is 6.05. The van der Waals surface area contributed by atoms with Crippen LogP contribution in [-0.2, 0) is 11.3 Å². The Morgan fingerprint density at radius 3 is 2.63 bits per heavy atom. The molecule has 0 saturated heterocycles. The van der Waals surface area contributed by atoms with Crippen LogP contribution in [-0.4, -0.2) is 23.1 Å². The molecule has 0 saturated carbocycles. The molecule has 2 amide bonds. The van der Waals surface area contributed by atoms with E-state index in [0.29, 0.717) is 18.4 Å². The van der Waals surface area contributed by atoms with Crippen LogP contribution in [0.15, 0.2) is 24.3 Å². The topological polar surface area (TPSA) is 78.4 Å². The lowest BCUT2D eigenvalue weighted by Crippen LogP contribution is -2.45. The number of rotatable bonds is 6. The van der Waals surface area contributed by atoms with Gasteiger partial charge in [-0.25, -0.2) is 14.0 Å². The van der Waals surface area contributed by atoms with Crippen LogP contribution in [0.1, 0.15) is 25.3 Å². The van der Waals surface area contributed by atoms with Gasteiger partial charge in [0.1, 0.15) is 11.9 Å². The smallest absolute Gasteiger partial charge is 0.326 e. The van der Waals surface area contributed by atoms with Gasteiger partial charge in [-0.15, -0.1) is 0 Å². The quantitative estimate of drug-likeness (QED) is 0.737. The molecule has 0 bridgehead atoms. The summed E-state index contributed by atoms with van der Waals surface area (Å²) in [4.78, 5) is 22.4. The molecule has 3 N–H and O–H groups in total. The van der Waals surface area contributed by atoms with Crippen molar-refractivity contribution >= 4 is 12.0 Å². The highest BCUT2D eigenvalue weighted by atomic mass is 19.1. The van der Waals surface area contributed by atoms with Crippen molar-refractivity contribution in [3.05, 3.63) is 35.6 Å². The molecule has 0 aliphatic rings. The van der Waals surface area contributed by atoms with Gasteiger partial charge in [0.25, 0.3) is 0 Å². The van der Waals surface area contributed by atoms with Gasteiger partial charge in [-0.1, -0.05) is 31.5 Å². The summed E-state index contributed by atoms with van der Waals surface area (Å²) in [6, 6.07) is 4.52. The minimum atomic E-state index is -1.08. The molecule has 0 radical (unpaired) electrons. The van der Waals surface area contributed by atoms with Crippen LogP contribution in [0.4, 0.5) is 9.18 Å². The largest absolute Gasteiger partial charge is 0.480 e. The number of carboxylic acids is 1. The van der Waals surface area contributed by atoms with Crippen LogP contribution < -0.4 is 10.6 Å². The molecule has 6 heteroatoms. The first-order valence-electron chi connectivity index (χ1n) is 6.05. The molecule has 0 heterocycles. The average Bonchev–Trinajstić information content (AvgIpc) is 2.37. The van der Waals surface area contributed by atoms with Gasteiger partial charge >= 0.3 is 12.0 Å². The highest BCUT2D eigenvalue weighted by molar-refractivity contribution is 5.82. The minimum absolute atomic E-state index is 0.0109. The zero-order valence-electron chi connectivity index (χ0n) is 10.6. The molecule has 0 fully saturated rings. The van der Waals surface area contributed by atoms with E-state index < -0.39 is 23.9 Å². The third-order valence-corrected chi connectivity index (χ3v) is 2.58. The van der Waals surface area contributed by atoms with Gasteiger partial charge in [0.2, 0.25) is 0 Å². The standard InChI is InChI=1S/C13H17FN2O3/c1-2-5-11(12(17)18)16-13(19)15-8-9-6-3-4-7-10(9)14/h3-4,6-7,11H,2,5,8H2,1H3,(H,17,18)(H2,15,16,19)/t11-/m0/s1. The number of carbonyl (C=O) groups excluding carboxylic acids is 1. The summed E-state index contributed by atoms with van der Waals surface area (Å²) >= 11 is 0. The molecular formula is C13H17FN2O3. The highest BCUT2D eigenvalue weighted by Crippen LogP contribution is 2.05. The number of carboxylic acid groups (broad SMARTS) is 1. The van der Waals surface area contributed by atoms with Crippen molar-refractivity contribution < 1.29 is 19.1 Å². The summed E-state index contributed by atoms with van der Waals surface area (Å²) in [6.45, 7) is 1.84. The van der Waals surface area contributed by atoms with E-state index in [-0.39, 0.29) is 6.54 Å². The Morgan fingerprint density at radius 1 is 1.37 bits per heavy atom. The summed E-state index contributed by atoms with van der Waals surface area (Å²) < 4.78 is 13.3. The zero-order chi connectivity index (χ0) is 14.3. The second kappa shape index (κ2) is 7.35. The van der Waals surface area contributed by atoms with Crippen molar-refractivity contribution in [2.45, 2.75) is 32.4 Å². The van der Waals surface area contributed by atoms with E-state index in [2.05, 4.69) is 10.6 Å². The summed E-state index contributed by atoms with van der Waals surface area (Å²) in [5, 5.41) is 13.6. The number of halogens is 1. The Balaban J connectivity index is 2.47. The Labute approximate surface area is 110 Å². The number of hydrogen-bond donors (Lipinski definition) is 3. The summed E-state index contributed by atoms with van der Waals surface area (Å²) in [5.41, 5.74) is 0.347. The average molecular weight is 268 g/mol. The van der Waals surface area contributed by atoms with E-state index in [1.54, 1.807) is 18.2 Å². The van der Waals surface area contributed by atoms with Crippen LogP contribution in [0.5, 0.6) is 0 Å². The monoisotopic (exact) mass is 268 g/mol. The van der Waals surface area contributed by atoms with E-state index in [1.807, 2.05) is 6.92 Å².